The van der Waals surface area contributed by atoms with Crippen molar-refractivity contribution in [2.75, 3.05) is 81.9 Å². The highest BCUT2D eigenvalue weighted by Crippen LogP contribution is 2.26. The molecule has 14 rings (SSSR count). The predicted octanol–water partition coefficient (Wildman–Crippen LogP) is 18.1. The molecule has 2 fully saturated rings. The Morgan fingerprint density at radius 2 is 0.607 bits per heavy atom. The second-order valence-corrected chi connectivity index (χ2v) is 28.4. The monoisotopic (exact) mass is 1640 g/mol. The molecular weight excluding hydrogens is 1560 g/mol. The number of hydrogen-bond donors (Lipinski definition) is 13. The third-order valence-electron chi connectivity index (χ3n) is 18.4. The van der Waals surface area contributed by atoms with Gasteiger partial charge < -0.3 is 68.2 Å². The van der Waals surface area contributed by atoms with Gasteiger partial charge >= 0.3 is 0 Å². The number of nitrogens with zero attached hydrogens (tertiary/aromatic N) is 6. The highest BCUT2D eigenvalue weighted by atomic mass is 35.5. The molecule has 24 nitrogen and oxygen atoms in total. The molecule has 0 atom stereocenters. The Morgan fingerprint density at radius 3 is 0.863 bits per heavy atom. The van der Waals surface area contributed by atoms with Crippen LogP contribution >= 0.6 is 46.4 Å². The molecule has 4 aromatic heterocycles. The summed E-state index contributed by atoms with van der Waals surface area (Å²) < 4.78 is 5.36. The van der Waals surface area contributed by atoms with Gasteiger partial charge in [0.05, 0.1) is 55.6 Å². The fraction of sp³-hybridized carbons (Fsp3) is 0.146. The van der Waals surface area contributed by atoms with Crippen molar-refractivity contribution >= 4 is 139 Å². The average Bonchev–Trinajstić information content (AvgIpc) is 1.85. The molecule has 2 aliphatic heterocycles. The average molecular weight is 1640 g/mol. The molecule has 2 aliphatic rings. The maximum absolute atomic E-state index is 12.7. The van der Waals surface area contributed by atoms with Crippen LogP contribution < -0.4 is 48.3 Å². The summed E-state index contributed by atoms with van der Waals surface area (Å²) in [6.07, 6.45) is 8.27. The summed E-state index contributed by atoms with van der Waals surface area (Å²) in [5.74, 6) is 1.89. The fourth-order valence-corrected chi connectivity index (χ4v) is 12.4. The zero-order valence-electron chi connectivity index (χ0n) is 63.7. The minimum Gasteiger partial charge on any atom is -0.384 e. The molecule has 12 aromatic rings. The first-order valence-electron chi connectivity index (χ1n) is 37.3. The lowest BCUT2D eigenvalue weighted by Gasteiger charge is -2.29. The number of carbonyl (C=O) groups is 4. The van der Waals surface area contributed by atoms with Gasteiger partial charge in [0.2, 0.25) is 0 Å². The molecule has 4 amide bonds. The highest BCUT2D eigenvalue weighted by molar-refractivity contribution is 6.31. The van der Waals surface area contributed by atoms with Gasteiger partial charge in [-0.3, -0.25) is 35.4 Å². The molecule has 28 heteroatoms. The number of amidine groups is 3. The number of nitrogens with one attached hydrogen (secondary N) is 12. The summed E-state index contributed by atoms with van der Waals surface area (Å²) in [5, 5.41) is 58.2. The van der Waals surface area contributed by atoms with Crippen LogP contribution in [0.4, 0.5) is 46.0 Å². The van der Waals surface area contributed by atoms with Crippen LogP contribution in [0.3, 0.4) is 0 Å². The number of pyridine rings is 4. The van der Waals surface area contributed by atoms with Crippen LogP contribution in [0, 0.1) is 21.6 Å². The Bertz CT molecular complexity index is 5230. The zero-order valence-corrected chi connectivity index (χ0v) is 66.7. The largest absolute Gasteiger partial charge is 0.384 e. The number of anilines is 8. The van der Waals surface area contributed by atoms with E-state index < -0.39 is 0 Å². The van der Waals surface area contributed by atoms with Gasteiger partial charge in [0.25, 0.3) is 23.6 Å². The lowest BCUT2D eigenvalue weighted by atomic mass is 10.1. The van der Waals surface area contributed by atoms with E-state index in [0.717, 1.165) is 95.0 Å². The number of likely N-dealkylation sites (tertiary alicyclic amines) is 1. The second kappa shape index (κ2) is 42.7. The number of benzene rings is 8. The summed E-state index contributed by atoms with van der Waals surface area (Å²) in [6, 6.07) is 73.7. The Hall–Kier alpha value is -13.4. The SMILES string of the molecule is CC(=N)c1ccc(CNc2ccccc2C(=O)Nc2ccc(Cl)cn2)cc1.N=C(N)c1ccc(CNc2ccccc2C(=O)Nc2ccc(Cl)cn2)cc1.N=C(c1ccc(CNc2ccccc2C(=O)Nc2ccc(Cl)cn2)cc1)N1CCCC1.N=C(c1ccc(CNc2ccccc2C(=O)Nc2ccc(Cl)cn2)cc1)N1CCOCC1. The summed E-state index contributed by atoms with van der Waals surface area (Å²) in [5.41, 5.74) is 18.6. The van der Waals surface area contributed by atoms with Crippen LogP contribution in [0.1, 0.15) is 106 Å². The van der Waals surface area contributed by atoms with E-state index in [-0.39, 0.29) is 29.5 Å². The number of ether oxygens (including phenoxy) is 1. The van der Waals surface area contributed by atoms with Crippen LogP contribution in [0.15, 0.2) is 267 Å². The number of carbonyl (C=O) groups excluding carboxylic acids is 4. The van der Waals surface area contributed by atoms with Gasteiger partial charge in [-0.1, -0.05) is 192 Å². The number of rotatable bonds is 24. The van der Waals surface area contributed by atoms with Crippen molar-refractivity contribution in [3.05, 3.63) is 354 Å². The van der Waals surface area contributed by atoms with Crippen molar-refractivity contribution in [1.29, 1.82) is 21.6 Å². The zero-order chi connectivity index (χ0) is 82.4. The van der Waals surface area contributed by atoms with E-state index >= 15 is 0 Å². The lowest BCUT2D eigenvalue weighted by Crippen LogP contribution is -2.40. The maximum Gasteiger partial charge on any atom is 0.258 e. The van der Waals surface area contributed by atoms with E-state index in [1.54, 1.807) is 97.9 Å². The lowest BCUT2D eigenvalue weighted by molar-refractivity contribution is 0.0680. The number of hydrogen-bond acceptors (Lipinski definition) is 17. The van der Waals surface area contributed by atoms with E-state index in [2.05, 4.69) is 67.4 Å². The molecule has 0 aliphatic carbocycles. The molecule has 0 bridgehead atoms. The minimum absolute atomic E-state index is 0.0346. The maximum atomic E-state index is 12.7. The number of amides is 4. The van der Waals surface area contributed by atoms with Gasteiger partial charge in [-0.25, -0.2) is 19.9 Å². The summed E-state index contributed by atoms with van der Waals surface area (Å²) in [7, 11) is 0. The van der Waals surface area contributed by atoms with E-state index in [1.165, 1.54) is 24.8 Å². The Morgan fingerprint density at radius 1 is 0.350 bits per heavy atom. The molecule has 14 N–H and O–H groups in total. The molecule has 0 unspecified atom stereocenters. The number of nitrogen functional groups attached to an aromatic ring is 1. The first-order valence-corrected chi connectivity index (χ1v) is 38.8. The van der Waals surface area contributed by atoms with E-state index in [4.69, 9.17) is 78.5 Å². The summed E-state index contributed by atoms with van der Waals surface area (Å²) >= 11 is 23.3. The number of para-hydroxylation sites is 4. The van der Waals surface area contributed by atoms with Gasteiger partial charge in [-0.2, -0.15) is 0 Å². The van der Waals surface area contributed by atoms with Crippen molar-refractivity contribution in [1.82, 2.24) is 29.7 Å². The molecule has 2 saturated heterocycles. The number of aromatic nitrogens is 4. The molecule has 6 heterocycles. The van der Waals surface area contributed by atoms with Gasteiger partial charge in [0.15, 0.2) is 0 Å². The molecule has 8 aromatic carbocycles. The first kappa shape index (κ1) is 84.5. The number of nitrogens with two attached hydrogens (primary N) is 1. The predicted molar refractivity (Wildman–Crippen MR) is 470 cm³/mol. The van der Waals surface area contributed by atoms with Crippen LogP contribution in [-0.2, 0) is 30.9 Å². The quantitative estimate of drug-likeness (QED) is 0.0197. The van der Waals surface area contributed by atoms with Gasteiger partial charge in [0.1, 0.15) is 40.8 Å². The van der Waals surface area contributed by atoms with E-state index in [9.17, 15) is 19.2 Å². The molecular formula is C89H85Cl4N19O5. The Labute approximate surface area is 698 Å². The van der Waals surface area contributed by atoms with Crippen molar-refractivity contribution in [2.24, 2.45) is 5.73 Å². The van der Waals surface area contributed by atoms with Gasteiger partial charge in [-0.15, -0.1) is 0 Å². The molecule has 0 saturated carbocycles. The highest BCUT2D eigenvalue weighted by Gasteiger charge is 2.21. The number of halogens is 4. The third kappa shape index (κ3) is 25.6. The van der Waals surface area contributed by atoms with Crippen LogP contribution in [0.2, 0.25) is 20.1 Å². The normalized spacial score (nSPS) is 11.9. The first-order chi connectivity index (χ1) is 56.7. The van der Waals surface area contributed by atoms with Crippen molar-refractivity contribution < 1.29 is 23.9 Å². The molecule has 0 spiro atoms. The minimum atomic E-state index is -0.264. The van der Waals surface area contributed by atoms with Gasteiger partial charge in [0, 0.05) is 122 Å². The van der Waals surface area contributed by atoms with E-state index in [1.807, 2.05) is 157 Å². The van der Waals surface area contributed by atoms with Crippen LogP contribution in [0.5, 0.6) is 0 Å². The summed E-state index contributed by atoms with van der Waals surface area (Å²) in [6.45, 7) is 8.71. The topological polar surface area (TPSA) is 353 Å². The van der Waals surface area contributed by atoms with Crippen molar-refractivity contribution in [3.8, 4) is 0 Å². The molecule has 117 heavy (non-hydrogen) atoms. The number of morpholine rings is 1. The Balaban J connectivity index is 0.000000154. The second-order valence-electron chi connectivity index (χ2n) is 26.7. The van der Waals surface area contributed by atoms with Crippen LogP contribution in [-0.4, -0.2) is 116 Å². The Kier molecular flexibility index (Phi) is 30.8. The smallest absolute Gasteiger partial charge is 0.258 e. The molecule has 594 valence electrons. The van der Waals surface area contributed by atoms with Crippen LogP contribution in [0.25, 0.3) is 0 Å². The van der Waals surface area contributed by atoms with E-state index in [0.29, 0.717) is 134 Å². The standard InChI is InChI=1S/C24H24ClN5O2.C24H24ClN5O.C21H19ClN4O.C20H18ClN5O/c25-19-9-10-22(28-16-19)29-24(31)20-3-1-2-4-21(20)27-15-17-5-7-18(8-6-17)23(26)30-11-13-32-14-12-30;25-19-11-12-22(28-16-19)29-24(31)20-5-1-2-6-21(20)27-15-17-7-9-18(10-8-17)23(26)30-13-3-4-14-30;1-14(23)16-8-6-15(7-9-16)12-24-19-5-3-2-4-18(19)21(27)26-20-11-10-17(22)13-25-20;21-15-9-10-18(25-12-15)26-20(27)16-3-1-2-4-17(16)24-11-13-5-7-14(8-6-13)19(22)23/h1-10,16,26-27H,11-15H2,(H,28,29,31);1-2,5-12,16,26-27H,3-4,13-15H2,(H,28,29,31);2-11,13,23-24H,12H2,1H3,(H,25,26,27);1-10,12,24H,11H2,(H3,22,23)(H,25,26,27). The van der Waals surface area contributed by atoms with Gasteiger partial charge in [-0.05, 0) is 145 Å². The summed E-state index contributed by atoms with van der Waals surface area (Å²) in [4.78, 5) is 71.2. The fourth-order valence-electron chi connectivity index (χ4n) is 12.0. The van der Waals surface area contributed by atoms with Crippen molar-refractivity contribution in [3.63, 3.8) is 0 Å². The van der Waals surface area contributed by atoms with Crippen molar-refractivity contribution in [2.45, 2.75) is 45.9 Å². The molecule has 0 radical (unpaired) electrons. The third-order valence-corrected chi connectivity index (χ3v) is 19.2.